The van der Waals surface area contributed by atoms with Gasteiger partial charge in [0, 0.05) is 44.0 Å². The van der Waals surface area contributed by atoms with Crippen LogP contribution in [-0.4, -0.2) is 41.4 Å². The Morgan fingerprint density at radius 2 is 2.15 bits per heavy atom. The number of aliphatic hydroxyl groups is 1. The smallest absolute Gasteiger partial charge is 0.223 e. The third-order valence-corrected chi connectivity index (χ3v) is 4.91. The summed E-state index contributed by atoms with van der Waals surface area (Å²) < 4.78 is 0.837. The summed E-state index contributed by atoms with van der Waals surface area (Å²) in [6.45, 7) is 1.34. The molecule has 1 fully saturated rings. The van der Waals surface area contributed by atoms with E-state index >= 15 is 0 Å². The molecule has 2 rings (SSSR count). The highest BCUT2D eigenvalue weighted by Gasteiger charge is 2.26. The van der Waals surface area contributed by atoms with Gasteiger partial charge in [0.1, 0.15) is 4.34 Å². The van der Waals surface area contributed by atoms with Crippen molar-refractivity contribution in [1.29, 1.82) is 0 Å². The Morgan fingerprint density at radius 3 is 2.70 bits per heavy atom. The fourth-order valence-electron chi connectivity index (χ4n) is 2.25. The molecular formula is C13H15Cl2NO3S. The van der Waals surface area contributed by atoms with E-state index < -0.39 is 0 Å². The fourth-order valence-corrected chi connectivity index (χ4v) is 3.75. The maximum absolute atomic E-state index is 12.0. The van der Waals surface area contributed by atoms with Gasteiger partial charge in [0.05, 0.1) is 4.34 Å². The van der Waals surface area contributed by atoms with E-state index in [-0.39, 0.29) is 37.1 Å². The number of carbonyl (C=O) groups excluding carboxylic acids is 2. The molecule has 0 radical (unpaired) electrons. The number of carbonyl (C=O) groups is 2. The molecule has 1 aliphatic rings. The van der Waals surface area contributed by atoms with Crippen LogP contribution in [0.3, 0.4) is 0 Å². The SMILES string of the molecule is O=C(CCC(=O)N1CCC(CO)C1)c1cc(Cl)sc1Cl. The van der Waals surface area contributed by atoms with Crippen LogP contribution in [0.2, 0.25) is 8.67 Å². The van der Waals surface area contributed by atoms with Crippen molar-refractivity contribution in [1.82, 2.24) is 4.90 Å². The van der Waals surface area contributed by atoms with Crippen LogP contribution < -0.4 is 0 Å². The first-order valence-corrected chi connectivity index (χ1v) is 7.95. The molecule has 0 aromatic carbocycles. The van der Waals surface area contributed by atoms with Crippen LogP contribution >= 0.6 is 34.5 Å². The molecule has 0 spiro atoms. The molecule has 4 nitrogen and oxygen atoms in total. The minimum Gasteiger partial charge on any atom is -0.396 e. The lowest BCUT2D eigenvalue weighted by atomic mass is 10.1. The number of likely N-dealkylation sites (tertiary alicyclic amines) is 1. The molecule has 1 aromatic rings. The van der Waals surface area contributed by atoms with Crippen molar-refractivity contribution in [2.45, 2.75) is 19.3 Å². The van der Waals surface area contributed by atoms with E-state index in [2.05, 4.69) is 0 Å². The van der Waals surface area contributed by atoms with E-state index in [1.54, 1.807) is 11.0 Å². The van der Waals surface area contributed by atoms with Crippen LogP contribution in [0.15, 0.2) is 6.07 Å². The van der Waals surface area contributed by atoms with Crippen LogP contribution in [0.4, 0.5) is 0 Å². The maximum atomic E-state index is 12.0. The zero-order valence-electron chi connectivity index (χ0n) is 10.8. The number of hydrogen-bond acceptors (Lipinski definition) is 4. The molecule has 0 aliphatic carbocycles. The zero-order valence-corrected chi connectivity index (χ0v) is 13.1. The van der Waals surface area contributed by atoms with Gasteiger partial charge in [-0.05, 0) is 12.5 Å². The summed E-state index contributed by atoms with van der Waals surface area (Å²) in [4.78, 5) is 25.6. The predicted molar refractivity (Wildman–Crippen MR) is 79.7 cm³/mol. The number of rotatable bonds is 5. The number of nitrogens with zero attached hydrogens (tertiary/aromatic N) is 1. The van der Waals surface area contributed by atoms with Gasteiger partial charge in [-0.3, -0.25) is 9.59 Å². The Bertz CT molecular complexity index is 518. The molecule has 0 bridgehead atoms. The number of Topliss-reactive ketones (excluding diaryl/α,β-unsaturated/α-hetero) is 1. The van der Waals surface area contributed by atoms with E-state index in [4.69, 9.17) is 28.3 Å². The highest BCUT2D eigenvalue weighted by Crippen LogP contribution is 2.32. The topological polar surface area (TPSA) is 57.6 Å². The molecule has 0 saturated carbocycles. The monoisotopic (exact) mass is 335 g/mol. The van der Waals surface area contributed by atoms with Crippen LogP contribution in [-0.2, 0) is 4.79 Å². The van der Waals surface area contributed by atoms with Crippen molar-refractivity contribution in [3.8, 4) is 0 Å². The maximum Gasteiger partial charge on any atom is 0.223 e. The molecule has 1 aliphatic heterocycles. The Kier molecular flexibility index (Phi) is 5.43. The molecule has 1 unspecified atom stereocenters. The highest BCUT2D eigenvalue weighted by molar-refractivity contribution is 7.20. The molecule has 1 atom stereocenters. The number of amides is 1. The summed E-state index contributed by atoms with van der Waals surface area (Å²) >= 11 is 12.8. The molecule has 1 N–H and O–H groups in total. The van der Waals surface area contributed by atoms with E-state index in [9.17, 15) is 9.59 Å². The number of thiophene rings is 1. The number of ketones is 1. The lowest BCUT2D eigenvalue weighted by molar-refractivity contribution is -0.130. The van der Waals surface area contributed by atoms with E-state index in [0.717, 1.165) is 17.8 Å². The van der Waals surface area contributed by atoms with Crippen molar-refractivity contribution >= 4 is 46.2 Å². The standard InChI is InChI=1S/C13H15Cl2NO3S/c14-11-5-9(13(15)20-11)10(18)1-2-12(19)16-4-3-8(6-16)7-17/h5,8,17H,1-4,6-7H2. The van der Waals surface area contributed by atoms with E-state index in [1.807, 2.05) is 0 Å². The number of aliphatic hydroxyl groups excluding tert-OH is 1. The molecule has 20 heavy (non-hydrogen) atoms. The summed E-state index contributed by atoms with van der Waals surface area (Å²) in [6, 6.07) is 1.54. The van der Waals surface area contributed by atoms with E-state index in [1.165, 1.54) is 0 Å². The van der Waals surface area contributed by atoms with Gasteiger partial charge in [-0.25, -0.2) is 0 Å². The Labute approximate surface area is 131 Å². The van der Waals surface area contributed by atoms with Gasteiger partial charge in [0.15, 0.2) is 5.78 Å². The molecule has 1 amide bonds. The van der Waals surface area contributed by atoms with Gasteiger partial charge >= 0.3 is 0 Å². The Hall–Kier alpha value is -0.620. The summed E-state index contributed by atoms with van der Waals surface area (Å²) in [7, 11) is 0. The first-order valence-electron chi connectivity index (χ1n) is 6.38. The van der Waals surface area contributed by atoms with Gasteiger partial charge in [-0.2, -0.15) is 0 Å². The van der Waals surface area contributed by atoms with Crippen molar-refractivity contribution in [3.63, 3.8) is 0 Å². The van der Waals surface area contributed by atoms with E-state index in [0.29, 0.717) is 27.3 Å². The summed E-state index contributed by atoms with van der Waals surface area (Å²) in [5, 5.41) is 9.05. The van der Waals surface area contributed by atoms with Crippen molar-refractivity contribution in [2.24, 2.45) is 5.92 Å². The summed E-state index contributed by atoms with van der Waals surface area (Å²) in [6.07, 6.45) is 1.12. The first-order chi connectivity index (χ1) is 9.51. The third kappa shape index (κ3) is 3.73. The van der Waals surface area contributed by atoms with Crippen molar-refractivity contribution in [3.05, 3.63) is 20.3 Å². The predicted octanol–water partition coefficient (Wildman–Crippen LogP) is 2.86. The van der Waals surface area contributed by atoms with Gasteiger partial charge in [-0.15, -0.1) is 11.3 Å². The average molecular weight is 336 g/mol. The van der Waals surface area contributed by atoms with Gasteiger partial charge in [0.25, 0.3) is 0 Å². The largest absolute Gasteiger partial charge is 0.396 e. The zero-order chi connectivity index (χ0) is 14.7. The second-order valence-electron chi connectivity index (χ2n) is 4.84. The van der Waals surface area contributed by atoms with Crippen molar-refractivity contribution in [2.75, 3.05) is 19.7 Å². The quantitative estimate of drug-likeness (QED) is 0.841. The Balaban J connectivity index is 1.85. The molecular weight excluding hydrogens is 321 g/mol. The second kappa shape index (κ2) is 6.89. The lowest BCUT2D eigenvalue weighted by Gasteiger charge is -2.15. The minimum absolute atomic E-state index is 0.0493. The molecule has 110 valence electrons. The lowest BCUT2D eigenvalue weighted by Crippen LogP contribution is -2.29. The first kappa shape index (κ1) is 15.8. The normalized spacial score (nSPS) is 18.6. The van der Waals surface area contributed by atoms with Gasteiger partial charge in [-0.1, -0.05) is 23.2 Å². The second-order valence-corrected chi connectivity index (χ2v) is 7.12. The van der Waals surface area contributed by atoms with Crippen LogP contribution in [0.25, 0.3) is 0 Å². The van der Waals surface area contributed by atoms with Crippen LogP contribution in [0.5, 0.6) is 0 Å². The molecule has 1 aromatic heterocycles. The Morgan fingerprint density at radius 1 is 1.40 bits per heavy atom. The molecule has 2 heterocycles. The molecule has 1 saturated heterocycles. The average Bonchev–Trinajstić information content (AvgIpc) is 3.02. The van der Waals surface area contributed by atoms with Crippen LogP contribution in [0, 0.1) is 5.92 Å². The summed E-state index contributed by atoms with van der Waals surface area (Å²) in [5.41, 5.74) is 0.393. The molecule has 7 heteroatoms. The minimum atomic E-state index is -0.163. The van der Waals surface area contributed by atoms with Gasteiger partial charge in [0.2, 0.25) is 5.91 Å². The number of hydrogen-bond donors (Lipinski definition) is 1. The third-order valence-electron chi connectivity index (χ3n) is 3.42. The fraction of sp³-hybridized carbons (Fsp3) is 0.538. The van der Waals surface area contributed by atoms with Crippen LogP contribution in [0.1, 0.15) is 29.6 Å². The number of halogens is 2. The highest BCUT2D eigenvalue weighted by atomic mass is 35.5. The van der Waals surface area contributed by atoms with Gasteiger partial charge < -0.3 is 10.0 Å². The van der Waals surface area contributed by atoms with Crippen molar-refractivity contribution < 1.29 is 14.7 Å². The summed E-state index contributed by atoms with van der Waals surface area (Å²) in [5.74, 6) is -0.0454.